The van der Waals surface area contributed by atoms with Crippen LogP contribution >= 0.6 is 15.9 Å². The number of unbranched alkanes of at least 4 members (excludes halogenated alkanes) is 1. The summed E-state index contributed by atoms with van der Waals surface area (Å²) in [5.41, 5.74) is 11.4. The molecule has 0 heterocycles. The van der Waals surface area contributed by atoms with Crippen LogP contribution in [0.3, 0.4) is 0 Å². The van der Waals surface area contributed by atoms with Gasteiger partial charge in [0, 0.05) is 0 Å². The molecule has 1 aromatic carbocycles. The molecule has 25 heavy (non-hydrogen) atoms. The van der Waals surface area contributed by atoms with E-state index in [1.807, 2.05) is 3.28 Å². The van der Waals surface area contributed by atoms with Crippen molar-refractivity contribution >= 4 is 22.0 Å². The van der Waals surface area contributed by atoms with Gasteiger partial charge >= 0.3 is 173 Å². The van der Waals surface area contributed by atoms with E-state index in [0.717, 1.165) is 3.63 Å². The quantitative estimate of drug-likeness (QED) is 0.421. The van der Waals surface area contributed by atoms with Gasteiger partial charge in [-0.1, -0.05) is 0 Å². The maximum atomic E-state index is 3.96. The molecule has 0 saturated carbocycles. The fraction of sp³-hybridized carbons (Fsp3) is 0.478. The Morgan fingerprint density at radius 2 is 2.08 bits per heavy atom. The van der Waals surface area contributed by atoms with Gasteiger partial charge in [-0.25, -0.2) is 0 Å². The van der Waals surface area contributed by atoms with Gasteiger partial charge in [-0.05, 0) is 0 Å². The Morgan fingerprint density at radius 1 is 1.24 bits per heavy atom. The standard InChI is InChI=1S/C13H12Br.C10H15.Zr/c1-8-5-10-7-9-3-2-4-11(9)13(14)12(10)6-8;1-3-4-5-10-7-6-9(2)8-10;/h5-7H,2-4H2,1H3;6H,3-5,7H2,1-2H3;. The second-order valence-electron chi connectivity index (χ2n) is 7.82. The molecule has 3 aliphatic rings. The first-order chi connectivity index (χ1) is 12.1. The Balaban J connectivity index is 1.68. The summed E-state index contributed by atoms with van der Waals surface area (Å²) in [5.74, 6) is 0. The zero-order valence-electron chi connectivity index (χ0n) is 15.6. The maximum absolute atomic E-state index is 3.96. The van der Waals surface area contributed by atoms with Crippen molar-refractivity contribution in [3.05, 3.63) is 58.9 Å². The van der Waals surface area contributed by atoms with E-state index in [4.69, 9.17) is 0 Å². The number of fused-ring (bicyclic) bond motifs is 2. The molecule has 0 radical (unpaired) electrons. The van der Waals surface area contributed by atoms with Crippen LogP contribution in [0.25, 0.3) is 6.08 Å². The van der Waals surface area contributed by atoms with Crippen LogP contribution in [0.2, 0.25) is 0 Å². The molecule has 1 atom stereocenters. The number of hydrogen-bond donors (Lipinski definition) is 0. The first-order valence-corrected chi connectivity index (χ1v) is 13.2. The monoisotopic (exact) mass is 472 g/mol. The molecular weight excluding hydrogens is 447 g/mol. The van der Waals surface area contributed by atoms with E-state index in [-0.39, 0.29) is 0 Å². The van der Waals surface area contributed by atoms with Crippen molar-refractivity contribution in [1.29, 1.82) is 0 Å². The molecule has 0 aromatic heterocycles. The first-order valence-electron chi connectivity index (χ1n) is 9.78. The number of halogens is 1. The summed E-state index contributed by atoms with van der Waals surface area (Å²) in [6.45, 7) is 7.06. The summed E-state index contributed by atoms with van der Waals surface area (Å²) >= 11 is 3.30. The van der Waals surface area contributed by atoms with Gasteiger partial charge < -0.3 is 0 Å². The van der Waals surface area contributed by atoms with Crippen molar-refractivity contribution in [3.8, 4) is 0 Å². The van der Waals surface area contributed by atoms with Gasteiger partial charge in [-0.2, -0.15) is 0 Å². The first kappa shape index (κ1) is 18.2. The van der Waals surface area contributed by atoms with Crippen molar-refractivity contribution in [2.75, 3.05) is 0 Å². The Bertz CT molecular complexity index is 810. The Labute approximate surface area is 172 Å². The molecule has 1 aromatic rings. The van der Waals surface area contributed by atoms with E-state index < -0.39 is 23.2 Å². The number of aryl methyl sites for hydroxylation is 1. The molecule has 0 bridgehead atoms. The molecule has 0 fully saturated rings. The van der Waals surface area contributed by atoms with Crippen molar-refractivity contribution in [3.63, 3.8) is 0 Å². The predicted octanol–water partition coefficient (Wildman–Crippen LogP) is 7.27. The molecule has 0 nitrogen and oxygen atoms in total. The molecule has 0 N–H and O–H groups in total. The Morgan fingerprint density at radius 3 is 2.88 bits per heavy atom. The van der Waals surface area contributed by atoms with Gasteiger partial charge in [0.1, 0.15) is 0 Å². The van der Waals surface area contributed by atoms with Crippen LogP contribution in [0.1, 0.15) is 78.8 Å². The van der Waals surface area contributed by atoms with Crippen LogP contribution in [0.4, 0.5) is 0 Å². The molecular formula is C23H27BrZr. The third kappa shape index (κ3) is 3.27. The van der Waals surface area contributed by atoms with E-state index in [1.165, 1.54) is 55.0 Å². The summed E-state index contributed by atoms with van der Waals surface area (Å²) in [6.07, 6.45) is 14.1. The average molecular weight is 475 g/mol. The van der Waals surface area contributed by atoms with Gasteiger partial charge in [0.2, 0.25) is 0 Å². The fourth-order valence-corrected chi connectivity index (χ4v) is 9.71. The molecule has 0 amide bonds. The van der Waals surface area contributed by atoms with Gasteiger partial charge in [0.05, 0.1) is 0 Å². The molecule has 1 unspecified atom stereocenters. The predicted molar refractivity (Wildman–Crippen MR) is 107 cm³/mol. The topological polar surface area (TPSA) is 0 Å². The number of allylic oxidation sites excluding steroid dienone is 5. The number of rotatable bonds is 5. The van der Waals surface area contributed by atoms with E-state index in [9.17, 15) is 0 Å². The van der Waals surface area contributed by atoms with Crippen LogP contribution < -0.4 is 0 Å². The number of benzene rings is 1. The zero-order chi connectivity index (χ0) is 17.6. The molecule has 3 aliphatic carbocycles. The second kappa shape index (κ2) is 7.43. The molecule has 0 spiro atoms. The summed E-state index contributed by atoms with van der Waals surface area (Å²) in [4.78, 5) is 0. The van der Waals surface area contributed by atoms with E-state index in [2.05, 4.69) is 54.9 Å². The van der Waals surface area contributed by atoms with Crippen molar-refractivity contribution in [1.82, 2.24) is 0 Å². The average Bonchev–Trinajstić information content (AvgIpc) is 3.27. The Kier molecular flexibility index (Phi) is 5.41. The fourth-order valence-electron chi connectivity index (χ4n) is 4.60. The third-order valence-electron chi connectivity index (χ3n) is 6.06. The molecule has 0 aliphatic heterocycles. The van der Waals surface area contributed by atoms with Crippen LogP contribution in [-0.2, 0) is 36.1 Å². The molecule has 2 heteroatoms. The third-order valence-corrected chi connectivity index (χ3v) is 12.1. The van der Waals surface area contributed by atoms with Crippen molar-refractivity contribution in [2.24, 2.45) is 0 Å². The van der Waals surface area contributed by atoms with Crippen LogP contribution in [0, 0.1) is 0 Å². The van der Waals surface area contributed by atoms with Crippen molar-refractivity contribution < 1.29 is 23.2 Å². The van der Waals surface area contributed by atoms with Crippen LogP contribution in [-0.4, -0.2) is 0 Å². The van der Waals surface area contributed by atoms with Crippen LogP contribution in [0.15, 0.2) is 36.6 Å². The van der Waals surface area contributed by atoms with Gasteiger partial charge in [0.15, 0.2) is 0 Å². The Hall–Kier alpha value is -0.197. The van der Waals surface area contributed by atoms with Gasteiger partial charge in [-0.15, -0.1) is 0 Å². The molecule has 0 saturated heterocycles. The van der Waals surface area contributed by atoms with Crippen molar-refractivity contribution in [2.45, 2.75) is 69.3 Å². The van der Waals surface area contributed by atoms with E-state index in [1.54, 1.807) is 33.4 Å². The second-order valence-corrected chi connectivity index (χ2v) is 12.0. The SMILES string of the molecule is CCCCC1=[C]([Zr][CH]2C(C)=Cc3c2cc2c(c3Br)CCC2)C(C)=CC1. The minimum absolute atomic E-state index is 0.665. The molecule has 130 valence electrons. The van der Waals surface area contributed by atoms with E-state index >= 15 is 0 Å². The minimum atomic E-state index is -0.665. The number of hydrogen-bond acceptors (Lipinski definition) is 0. The van der Waals surface area contributed by atoms with E-state index in [0.29, 0.717) is 0 Å². The molecule has 4 rings (SSSR count). The van der Waals surface area contributed by atoms with Crippen LogP contribution in [0.5, 0.6) is 0 Å². The summed E-state index contributed by atoms with van der Waals surface area (Å²) in [6, 6.07) is 2.58. The summed E-state index contributed by atoms with van der Waals surface area (Å²) in [7, 11) is 0. The normalized spacial score (nSPS) is 21.4. The van der Waals surface area contributed by atoms with Gasteiger partial charge in [0.25, 0.3) is 0 Å². The summed E-state index contributed by atoms with van der Waals surface area (Å²) in [5, 5.41) is 0. The van der Waals surface area contributed by atoms with Gasteiger partial charge in [-0.3, -0.25) is 0 Å². The zero-order valence-corrected chi connectivity index (χ0v) is 19.7. The summed E-state index contributed by atoms with van der Waals surface area (Å²) < 4.78 is 3.99.